The highest BCUT2D eigenvalue weighted by Crippen LogP contribution is 2.30. The van der Waals surface area contributed by atoms with Crippen molar-refractivity contribution in [2.75, 3.05) is 5.32 Å². The number of amides is 1. The fraction of sp³-hybridized carbons (Fsp3) is 0.385. The largest absolute Gasteiger partial charge is 0.480 e. The van der Waals surface area contributed by atoms with Gasteiger partial charge in [0.1, 0.15) is 5.25 Å². The summed E-state index contributed by atoms with van der Waals surface area (Å²) in [6.45, 7) is 5.24. The molecule has 0 unspecified atom stereocenters. The number of carbonyl (C=O) groups is 2. The summed E-state index contributed by atoms with van der Waals surface area (Å²) in [4.78, 5) is 23.2. The normalized spacial score (nSPS) is 12.2. The highest BCUT2D eigenvalue weighted by Gasteiger charge is 2.16. The molecule has 0 saturated heterocycles. The zero-order valence-electron chi connectivity index (χ0n) is 10.6. The van der Waals surface area contributed by atoms with Crippen molar-refractivity contribution in [2.45, 2.75) is 30.9 Å². The van der Waals surface area contributed by atoms with E-state index in [1.54, 1.807) is 19.1 Å². The summed E-state index contributed by atoms with van der Waals surface area (Å²) in [5, 5.41) is 11.1. The van der Waals surface area contributed by atoms with Crippen LogP contribution in [0.5, 0.6) is 0 Å². The first-order chi connectivity index (χ1) is 8.41. The predicted molar refractivity (Wildman–Crippen MR) is 72.9 cm³/mol. The minimum Gasteiger partial charge on any atom is -0.480 e. The van der Waals surface area contributed by atoms with E-state index >= 15 is 0 Å². The van der Waals surface area contributed by atoms with Crippen molar-refractivity contribution in [1.82, 2.24) is 0 Å². The topological polar surface area (TPSA) is 66.4 Å². The molecule has 1 aromatic carbocycles. The maximum Gasteiger partial charge on any atom is 0.316 e. The molecule has 1 aromatic rings. The molecule has 0 saturated carbocycles. The van der Waals surface area contributed by atoms with Crippen LogP contribution in [0.4, 0.5) is 5.69 Å². The van der Waals surface area contributed by atoms with Crippen LogP contribution in [-0.4, -0.2) is 22.2 Å². The van der Waals surface area contributed by atoms with Crippen molar-refractivity contribution >= 4 is 29.3 Å². The van der Waals surface area contributed by atoms with Gasteiger partial charge in [-0.05, 0) is 19.1 Å². The van der Waals surface area contributed by atoms with Crippen molar-refractivity contribution in [3.05, 3.63) is 24.3 Å². The summed E-state index contributed by atoms with van der Waals surface area (Å²) in [5.74, 6) is -1.06. The van der Waals surface area contributed by atoms with Gasteiger partial charge in [0.25, 0.3) is 0 Å². The summed E-state index contributed by atoms with van der Waals surface area (Å²) >= 11 is 1.22. The second-order valence-electron chi connectivity index (χ2n) is 4.24. The monoisotopic (exact) mass is 267 g/mol. The average Bonchev–Trinajstić information content (AvgIpc) is 2.31. The molecule has 18 heavy (non-hydrogen) atoms. The molecule has 0 aliphatic heterocycles. The van der Waals surface area contributed by atoms with Crippen molar-refractivity contribution < 1.29 is 14.7 Å². The van der Waals surface area contributed by atoms with E-state index < -0.39 is 11.2 Å². The number of carboxylic acids is 1. The van der Waals surface area contributed by atoms with E-state index in [2.05, 4.69) is 5.32 Å². The smallest absolute Gasteiger partial charge is 0.316 e. The van der Waals surface area contributed by atoms with Crippen LogP contribution in [0.15, 0.2) is 29.2 Å². The molecule has 4 nitrogen and oxygen atoms in total. The summed E-state index contributed by atoms with van der Waals surface area (Å²) in [5.41, 5.74) is 0.661. The molecule has 1 rings (SSSR count). The third kappa shape index (κ3) is 4.07. The van der Waals surface area contributed by atoms with Crippen molar-refractivity contribution in [3.63, 3.8) is 0 Å². The Bertz CT molecular complexity index is 446. The molecule has 0 fully saturated rings. The number of anilines is 1. The molecule has 0 aliphatic carbocycles. The van der Waals surface area contributed by atoms with Gasteiger partial charge in [0.05, 0.1) is 5.69 Å². The second kappa shape index (κ2) is 6.44. The van der Waals surface area contributed by atoms with Gasteiger partial charge in [-0.25, -0.2) is 0 Å². The Morgan fingerprint density at radius 2 is 1.83 bits per heavy atom. The van der Waals surface area contributed by atoms with Crippen molar-refractivity contribution in [2.24, 2.45) is 5.92 Å². The predicted octanol–water partition coefficient (Wildman–Crippen LogP) is 2.85. The molecule has 0 heterocycles. The van der Waals surface area contributed by atoms with Gasteiger partial charge in [0, 0.05) is 10.8 Å². The van der Waals surface area contributed by atoms with Crippen LogP contribution in [0, 0.1) is 5.92 Å². The summed E-state index contributed by atoms with van der Waals surface area (Å²) in [6.07, 6.45) is 0. The standard InChI is InChI=1S/C13H17NO3S/c1-8(2)12(15)14-10-6-4-5-7-11(10)18-9(3)13(16)17/h4-9H,1-3H3,(H,14,15)(H,16,17)/t9-/m1/s1. The molecule has 1 atom stereocenters. The Balaban J connectivity index is 2.86. The Kier molecular flexibility index (Phi) is 5.22. The molecular formula is C13H17NO3S. The first kappa shape index (κ1) is 14.6. The Morgan fingerprint density at radius 1 is 1.22 bits per heavy atom. The molecule has 5 heteroatoms. The number of hydrogen-bond donors (Lipinski definition) is 2. The number of aliphatic carboxylic acids is 1. The fourth-order valence-electron chi connectivity index (χ4n) is 1.19. The Hall–Kier alpha value is -1.49. The van der Waals surface area contributed by atoms with Crippen LogP contribution in [0.1, 0.15) is 20.8 Å². The van der Waals surface area contributed by atoms with Crippen LogP contribution < -0.4 is 5.32 Å². The molecule has 0 bridgehead atoms. The molecule has 0 radical (unpaired) electrons. The maximum atomic E-state index is 11.6. The van der Waals surface area contributed by atoms with Gasteiger partial charge >= 0.3 is 5.97 Å². The van der Waals surface area contributed by atoms with Crippen molar-refractivity contribution in [3.8, 4) is 0 Å². The lowest BCUT2D eigenvalue weighted by atomic mass is 10.2. The third-order valence-corrected chi connectivity index (χ3v) is 3.49. The molecule has 1 amide bonds. The Morgan fingerprint density at radius 3 is 2.39 bits per heavy atom. The van der Waals surface area contributed by atoms with Gasteiger partial charge in [-0.1, -0.05) is 26.0 Å². The fourth-order valence-corrected chi connectivity index (χ4v) is 2.08. The van der Waals surface area contributed by atoms with Gasteiger partial charge in [-0.3, -0.25) is 9.59 Å². The van der Waals surface area contributed by atoms with Crippen LogP contribution >= 0.6 is 11.8 Å². The van der Waals surface area contributed by atoms with Gasteiger partial charge in [0.2, 0.25) is 5.91 Å². The van der Waals surface area contributed by atoms with Crippen LogP contribution in [0.2, 0.25) is 0 Å². The van der Waals surface area contributed by atoms with Gasteiger partial charge < -0.3 is 10.4 Å². The first-order valence-electron chi connectivity index (χ1n) is 5.71. The van der Waals surface area contributed by atoms with E-state index in [4.69, 9.17) is 5.11 Å². The summed E-state index contributed by atoms with van der Waals surface area (Å²) < 4.78 is 0. The summed E-state index contributed by atoms with van der Waals surface area (Å²) in [6, 6.07) is 7.21. The number of para-hydroxylation sites is 1. The highest BCUT2D eigenvalue weighted by molar-refractivity contribution is 8.00. The minimum atomic E-state index is -0.870. The molecule has 0 aliphatic rings. The quantitative estimate of drug-likeness (QED) is 0.805. The lowest BCUT2D eigenvalue weighted by Gasteiger charge is -2.13. The molecular weight excluding hydrogens is 250 g/mol. The van der Waals surface area contributed by atoms with E-state index in [1.807, 2.05) is 26.0 Å². The average molecular weight is 267 g/mol. The van der Waals surface area contributed by atoms with Crippen LogP contribution in [0.25, 0.3) is 0 Å². The molecule has 0 spiro atoms. The number of thioether (sulfide) groups is 1. The van der Waals surface area contributed by atoms with E-state index in [9.17, 15) is 9.59 Å². The lowest BCUT2D eigenvalue weighted by molar-refractivity contribution is -0.136. The van der Waals surface area contributed by atoms with Gasteiger partial charge in [0.15, 0.2) is 0 Å². The van der Waals surface area contributed by atoms with Crippen LogP contribution in [-0.2, 0) is 9.59 Å². The first-order valence-corrected chi connectivity index (χ1v) is 6.59. The third-order valence-electron chi connectivity index (χ3n) is 2.32. The number of carboxylic acid groups (broad SMARTS) is 1. The van der Waals surface area contributed by atoms with Gasteiger partial charge in [-0.2, -0.15) is 0 Å². The van der Waals surface area contributed by atoms with Gasteiger partial charge in [-0.15, -0.1) is 11.8 Å². The van der Waals surface area contributed by atoms with E-state index in [0.29, 0.717) is 5.69 Å². The zero-order valence-corrected chi connectivity index (χ0v) is 11.5. The zero-order chi connectivity index (χ0) is 13.7. The SMILES string of the molecule is CC(C)C(=O)Nc1ccccc1S[C@H](C)C(=O)O. The molecule has 98 valence electrons. The number of rotatable bonds is 5. The van der Waals surface area contributed by atoms with Crippen molar-refractivity contribution in [1.29, 1.82) is 0 Å². The van der Waals surface area contributed by atoms with Crippen LogP contribution in [0.3, 0.4) is 0 Å². The number of carbonyl (C=O) groups excluding carboxylic acids is 1. The Labute approximate surface area is 111 Å². The summed E-state index contributed by atoms with van der Waals surface area (Å²) in [7, 11) is 0. The molecule has 0 aromatic heterocycles. The van der Waals surface area contributed by atoms with E-state index in [-0.39, 0.29) is 11.8 Å². The second-order valence-corrected chi connectivity index (χ2v) is 5.62. The lowest BCUT2D eigenvalue weighted by Crippen LogP contribution is -2.18. The number of nitrogens with one attached hydrogen (secondary N) is 1. The highest BCUT2D eigenvalue weighted by atomic mass is 32.2. The van der Waals surface area contributed by atoms with E-state index in [1.165, 1.54) is 11.8 Å². The molecule has 2 N–H and O–H groups in total. The number of benzene rings is 1. The number of hydrogen-bond acceptors (Lipinski definition) is 3. The minimum absolute atomic E-state index is 0.0778. The van der Waals surface area contributed by atoms with E-state index in [0.717, 1.165) is 4.90 Å². The maximum absolute atomic E-state index is 11.6.